The summed E-state index contributed by atoms with van der Waals surface area (Å²) in [5.74, 6) is -0.466. The fourth-order valence-electron chi connectivity index (χ4n) is 1.62. The number of nitroso groups, excluding NO2 is 1. The van der Waals surface area contributed by atoms with E-state index in [-0.39, 0.29) is 6.54 Å². The Hall–Kier alpha value is -1.71. The van der Waals surface area contributed by atoms with Gasteiger partial charge in [-0.25, -0.2) is 0 Å². The molecular formula is C9H9N2O2+. The van der Waals surface area contributed by atoms with Crippen LogP contribution < -0.4 is 5.73 Å². The van der Waals surface area contributed by atoms with Crippen LogP contribution in [-0.2, 0) is 13.1 Å². The van der Waals surface area contributed by atoms with Gasteiger partial charge in [0.15, 0.2) is 0 Å². The molecule has 4 nitrogen and oxygen atoms in total. The van der Waals surface area contributed by atoms with Crippen molar-refractivity contribution in [2.24, 2.45) is 5.73 Å². The number of benzene rings is 1. The Balaban J connectivity index is 2.57. The maximum absolute atomic E-state index is 11.0. The van der Waals surface area contributed by atoms with E-state index in [1.165, 1.54) is 0 Å². The molecule has 1 aliphatic rings. The van der Waals surface area contributed by atoms with Crippen LogP contribution in [0.5, 0.6) is 0 Å². The van der Waals surface area contributed by atoms with E-state index in [2.05, 4.69) is 0 Å². The number of rotatable bonds is 1. The van der Waals surface area contributed by atoms with Gasteiger partial charge in [0, 0.05) is 26.4 Å². The van der Waals surface area contributed by atoms with E-state index in [1.54, 1.807) is 12.1 Å². The molecule has 0 saturated carbocycles. The van der Waals surface area contributed by atoms with Crippen LogP contribution in [0.15, 0.2) is 18.2 Å². The predicted molar refractivity (Wildman–Crippen MR) is 46.0 cm³/mol. The molecule has 0 bridgehead atoms. The summed E-state index contributed by atoms with van der Waals surface area (Å²) in [6, 6.07) is 5.25. The number of amides is 1. The van der Waals surface area contributed by atoms with Crippen molar-refractivity contribution in [3.05, 3.63) is 39.8 Å². The van der Waals surface area contributed by atoms with Crippen LogP contribution in [0.3, 0.4) is 0 Å². The molecule has 1 amide bonds. The quantitative estimate of drug-likeness (QED) is 0.637. The Bertz CT molecular complexity index is 399. The average molecular weight is 177 g/mol. The lowest BCUT2D eigenvalue weighted by atomic mass is 10.0. The summed E-state index contributed by atoms with van der Waals surface area (Å²) in [6.07, 6.45) is 0. The number of carbonyl (C=O) groups is 1. The van der Waals surface area contributed by atoms with E-state index in [4.69, 9.17) is 5.73 Å². The third-order valence-corrected chi connectivity index (χ3v) is 2.22. The minimum absolute atomic E-state index is 0.272. The number of hydrogen-bond acceptors (Lipinski definition) is 2. The van der Waals surface area contributed by atoms with E-state index >= 15 is 0 Å². The first kappa shape index (κ1) is 7.91. The molecule has 2 rings (SSSR count). The van der Waals surface area contributed by atoms with Gasteiger partial charge < -0.3 is 5.73 Å². The van der Waals surface area contributed by atoms with E-state index in [0.29, 0.717) is 12.1 Å². The zero-order valence-corrected chi connectivity index (χ0v) is 6.99. The Kier molecular flexibility index (Phi) is 1.62. The lowest BCUT2D eigenvalue weighted by Crippen LogP contribution is -2.13. The first-order valence-corrected chi connectivity index (χ1v) is 4.01. The molecule has 0 unspecified atom stereocenters. The summed E-state index contributed by atoms with van der Waals surface area (Å²) in [5.41, 5.74) is 7.33. The van der Waals surface area contributed by atoms with E-state index < -0.39 is 5.91 Å². The zero-order valence-electron chi connectivity index (χ0n) is 6.99. The van der Waals surface area contributed by atoms with Crippen LogP contribution in [0, 0.1) is 4.91 Å². The molecule has 0 saturated heterocycles. The van der Waals surface area contributed by atoms with Crippen molar-refractivity contribution in [2.75, 3.05) is 0 Å². The molecule has 1 aromatic rings. The van der Waals surface area contributed by atoms with Gasteiger partial charge in [0.2, 0.25) is 19.0 Å². The molecule has 0 atom stereocenters. The van der Waals surface area contributed by atoms with Gasteiger partial charge in [-0.15, -0.1) is 0 Å². The summed E-state index contributed by atoms with van der Waals surface area (Å²) >= 11 is 0. The molecule has 13 heavy (non-hydrogen) atoms. The second-order valence-electron chi connectivity index (χ2n) is 3.11. The van der Waals surface area contributed by atoms with Crippen LogP contribution in [-0.4, -0.2) is 10.7 Å². The van der Waals surface area contributed by atoms with Gasteiger partial charge >= 0.3 is 0 Å². The second-order valence-corrected chi connectivity index (χ2v) is 3.11. The largest absolute Gasteiger partial charge is 0.366 e. The predicted octanol–water partition coefficient (Wildman–Crippen LogP) is 0.578. The summed E-state index contributed by atoms with van der Waals surface area (Å²) in [5, 5.41) is 0. The minimum Gasteiger partial charge on any atom is -0.366 e. The van der Waals surface area contributed by atoms with Crippen LogP contribution in [0.25, 0.3) is 0 Å². The van der Waals surface area contributed by atoms with E-state index in [0.717, 1.165) is 15.9 Å². The number of fused-ring (bicyclic) bond motifs is 1. The Morgan fingerprint density at radius 3 is 2.85 bits per heavy atom. The zero-order chi connectivity index (χ0) is 9.42. The number of carbonyl (C=O) groups excluding carboxylic acids is 1. The van der Waals surface area contributed by atoms with E-state index in [1.807, 2.05) is 6.07 Å². The lowest BCUT2D eigenvalue weighted by molar-refractivity contribution is -0.569. The van der Waals surface area contributed by atoms with Crippen molar-refractivity contribution in [1.29, 1.82) is 0 Å². The smallest absolute Gasteiger partial charge is 0.249 e. The normalized spacial score (nSPS) is 14.3. The molecule has 2 N–H and O–H groups in total. The first-order chi connectivity index (χ1) is 6.18. The Morgan fingerprint density at radius 2 is 2.15 bits per heavy atom. The maximum Gasteiger partial charge on any atom is 0.249 e. The van der Waals surface area contributed by atoms with Crippen molar-refractivity contribution < 1.29 is 9.55 Å². The van der Waals surface area contributed by atoms with Gasteiger partial charge in [-0.1, -0.05) is 12.1 Å². The summed E-state index contributed by atoms with van der Waals surface area (Å²) in [6.45, 7) is 0.630. The lowest BCUT2D eigenvalue weighted by Gasteiger charge is -1.98. The van der Waals surface area contributed by atoms with Gasteiger partial charge in [-0.05, 0) is 6.07 Å². The molecule has 66 valence electrons. The highest BCUT2D eigenvalue weighted by Crippen LogP contribution is 2.22. The Morgan fingerprint density at radius 1 is 1.38 bits per heavy atom. The number of nitrogens with two attached hydrogens (primary N) is 1. The van der Waals surface area contributed by atoms with Crippen LogP contribution in [0.4, 0.5) is 0 Å². The van der Waals surface area contributed by atoms with Crippen molar-refractivity contribution in [2.45, 2.75) is 13.1 Å². The molecule has 1 aromatic carbocycles. The second kappa shape index (κ2) is 2.65. The topological polar surface area (TPSA) is 63.2 Å². The maximum atomic E-state index is 11.0. The SMILES string of the molecule is NC(=O)c1cccc2c1C[N+](=O)C2. The molecule has 0 fully saturated rings. The molecule has 1 heterocycles. The summed E-state index contributed by atoms with van der Waals surface area (Å²) in [7, 11) is 0. The average Bonchev–Trinajstić information content (AvgIpc) is 2.43. The highest BCUT2D eigenvalue weighted by atomic mass is 16.3. The number of primary amides is 1. The monoisotopic (exact) mass is 177 g/mol. The van der Waals surface area contributed by atoms with Crippen LogP contribution >= 0.6 is 0 Å². The Labute approximate surface area is 74.9 Å². The highest BCUT2D eigenvalue weighted by Gasteiger charge is 2.28. The van der Waals surface area contributed by atoms with Gasteiger partial charge in [-0.3, -0.25) is 4.79 Å². The molecule has 0 spiro atoms. The van der Waals surface area contributed by atoms with Gasteiger partial charge in [0.25, 0.3) is 0 Å². The number of nitrogens with zero attached hydrogens (tertiary/aromatic N) is 1. The van der Waals surface area contributed by atoms with Crippen molar-refractivity contribution in [3.63, 3.8) is 0 Å². The molecular weight excluding hydrogens is 168 g/mol. The van der Waals surface area contributed by atoms with Crippen LogP contribution in [0.1, 0.15) is 21.5 Å². The summed E-state index contributed by atoms with van der Waals surface area (Å²) < 4.78 is 0.914. The van der Waals surface area contributed by atoms with Crippen molar-refractivity contribution in [3.8, 4) is 0 Å². The molecule has 1 aliphatic heterocycles. The van der Waals surface area contributed by atoms with Crippen LogP contribution in [0.2, 0.25) is 0 Å². The first-order valence-electron chi connectivity index (χ1n) is 4.01. The van der Waals surface area contributed by atoms with Crippen molar-refractivity contribution >= 4 is 5.91 Å². The van der Waals surface area contributed by atoms with Gasteiger partial charge in [0.1, 0.15) is 0 Å². The minimum atomic E-state index is -0.466. The van der Waals surface area contributed by atoms with Gasteiger partial charge in [0.05, 0.1) is 0 Å². The fraction of sp³-hybridized carbons (Fsp3) is 0.222. The molecule has 0 aliphatic carbocycles. The molecule has 0 radical (unpaired) electrons. The third-order valence-electron chi connectivity index (χ3n) is 2.22. The molecule has 4 heteroatoms. The van der Waals surface area contributed by atoms with Gasteiger partial charge in [-0.2, -0.15) is 0 Å². The van der Waals surface area contributed by atoms with E-state index in [9.17, 15) is 9.70 Å². The van der Waals surface area contributed by atoms with Crippen molar-refractivity contribution in [1.82, 2.24) is 0 Å². The molecule has 0 aromatic heterocycles. The fourth-order valence-corrected chi connectivity index (χ4v) is 1.62. The third kappa shape index (κ3) is 1.20. The standard InChI is InChI=1S/C9H8N2O2/c10-9(12)7-3-1-2-6-4-11(13)5-8(6)7/h1-3H,4-5H2,(H-,10,12)/p+1. The highest BCUT2D eigenvalue weighted by molar-refractivity contribution is 5.94. The summed E-state index contributed by atoms with van der Waals surface area (Å²) in [4.78, 5) is 22.0. The number of hydrogen-bond donors (Lipinski definition) is 1.